The van der Waals surface area contributed by atoms with Crippen LogP contribution in [-0.2, 0) is 6.54 Å². The molecule has 27 heavy (non-hydrogen) atoms. The summed E-state index contributed by atoms with van der Waals surface area (Å²) in [4.78, 5) is 6.89. The predicted octanol–water partition coefficient (Wildman–Crippen LogP) is 2.46. The van der Waals surface area contributed by atoms with Crippen LogP contribution in [-0.4, -0.2) is 47.1 Å². The van der Waals surface area contributed by atoms with E-state index in [1.54, 1.807) is 0 Å². The molecule has 3 aliphatic rings. The van der Waals surface area contributed by atoms with Crippen LogP contribution in [0.1, 0.15) is 18.5 Å². The third-order valence-electron chi connectivity index (χ3n) is 5.90. The predicted molar refractivity (Wildman–Crippen MR) is 98.7 cm³/mol. The average molecular weight is 368 g/mol. The normalized spacial score (nSPS) is 29.5. The van der Waals surface area contributed by atoms with Crippen LogP contribution in [0.3, 0.4) is 0 Å². The highest BCUT2D eigenvalue weighted by molar-refractivity contribution is 5.47. The lowest BCUT2D eigenvalue weighted by molar-refractivity contribution is -0.0232. The van der Waals surface area contributed by atoms with Gasteiger partial charge < -0.3 is 19.3 Å². The number of aromatic nitrogens is 1. The third kappa shape index (κ3) is 3.47. The fourth-order valence-corrected chi connectivity index (χ4v) is 4.59. The number of rotatable bonds is 4. The van der Waals surface area contributed by atoms with Gasteiger partial charge in [-0.05, 0) is 48.9 Å². The average Bonchev–Trinajstić information content (AvgIpc) is 3.28. The van der Waals surface area contributed by atoms with Crippen molar-refractivity contribution >= 4 is 0 Å². The second-order valence-corrected chi connectivity index (χ2v) is 7.75. The number of likely N-dealkylation sites (tertiary alicyclic amines) is 1. The quantitative estimate of drug-likeness (QED) is 0.894. The van der Waals surface area contributed by atoms with Crippen LogP contribution in [0.4, 0.5) is 0 Å². The lowest BCUT2D eigenvalue weighted by atomic mass is 9.78. The van der Waals surface area contributed by atoms with Gasteiger partial charge in [-0.3, -0.25) is 9.88 Å². The fourth-order valence-electron chi connectivity index (χ4n) is 4.59. The van der Waals surface area contributed by atoms with E-state index in [-0.39, 0.29) is 12.9 Å². The van der Waals surface area contributed by atoms with Crippen molar-refractivity contribution < 1.29 is 19.3 Å². The van der Waals surface area contributed by atoms with E-state index in [1.807, 2.05) is 36.5 Å². The van der Waals surface area contributed by atoms with E-state index >= 15 is 0 Å². The summed E-state index contributed by atoms with van der Waals surface area (Å²) < 4.78 is 16.9. The molecule has 1 saturated heterocycles. The Kier molecular flexibility index (Phi) is 4.38. The van der Waals surface area contributed by atoms with Gasteiger partial charge in [0.15, 0.2) is 11.5 Å². The number of hydrogen-bond acceptors (Lipinski definition) is 6. The van der Waals surface area contributed by atoms with Gasteiger partial charge in [0.2, 0.25) is 6.79 Å². The molecule has 1 aliphatic carbocycles. The number of fused-ring (bicyclic) bond motifs is 2. The summed E-state index contributed by atoms with van der Waals surface area (Å²) in [7, 11) is 0. The number of aliphatic hydroxyl groups is 1. The molecular formula is C21H24N2O4. The molecule has 0 amide bonds. The Hall–Kier alpha value is -2.31. The number of benzene rings is 1. The van der Waals surface area contributed by atoms with Gasteiger partial charge in [-0.15, -0.1) is 0 Å². The maximum atomic E-state index is 10.6. The molecule has 6 heteroatoms. The lowest BCUT2D eigenvalue weighted by Crippen LogP contribution is -2.42. The summed E-state index contributed by atoms with van der Waals surface area (Å²) in [6.45, 7) is 3.18. The van der Waals surface area contributed by atoms with Gasteiger partial charge in [-0.25, -0.2) is 0 Å². The number of nitrogens with zero attached hydrogens (tertiary/aromatic N) is 2. The Balaban J connectivity index is 1.23. The summed E-state index contributed by atoms with van der Waals surface area (Å²) in [5.74, 6) is 3.26. The first-order chi connectivity index (χ1) is 13.2. The van der Waals surface area contributed by atoms with Crippen molar-refractivity contribution in [1.29, 1.82) is 0 Å². The minimum atomic E-state index is -0.438. The van der Waals surface area contributed by atoms with Crippen molar-refractivity contribution in [2.24, 2.45) is 11.8 Å². The maximum absolute atomic E-state index is 10.6. The van der Waals surface area contributed by atoms with Gasteiger partial charge in [-0.2, -0.15) is 0 Å². The first-order valence-corrected chi connectivity index (χ1v) is 9.61. The first-order valence-electron chi connectivity index (χ1n) is 9.61. The Labute approximate surface area is 158 Å². The van der Waals surface area contributed by atoms with Crippen LogP contribution in [0.25, 0.3) is 0 Å². The summed E-state index contributed by atoms with van der Waals surface area (Å²) in [6.07, 6.45) is 2.89. The van der Waals surface area contributed by atoms with Crippen molar-refractivity contribution in [2.45, 2.75) is 31.6 Å². The maximum Gasteiger partial charge on any atom is 0.231 e. The Morgan fingerprint density at radius 3 is 2.78 bits per heavy atom. The molecule has 0 unspecified atom stereocenters. The van der Waals surface area contributed by atoms with E-state index < -0.39 is 6.10 Å². The van der Waals surface area contributed by atoms with Crippen molar-refractivity contribution in [3.05, 3.63) is 48.3 Å². The summed E-state index contributed by atoms with van der Waals surface area (Å²) >= 11 is 0. The molecule has 3 heterocycles. The molecule has 1 saturated carbocycles. The summed E-state index contributed by atoms with van der Waals surface area (Å²) in [6, 6.07) is 11.6. The van der Waals surface area contributed by atoms with E-state index in [9.17, 15) is 5.11 Å². The Bertz CT molecular complexity index is 800. The zero-order valence-corrected chi connectivity index (χ0v) is 15.2. The molecule has 2 aromatic rings. The molecule has 5 rings (SSSR count). The smallest absolute Gasteiger partial charge is 0.231 e. The zero-order chi connectivity index (χ0) is 18.2. The van der Waals surface area contributed by atoms with Crippen LogP contribution in [0, 0.1) is 11.8 Å². The highest BCUT2D eigenvalue weighted by atomic mass is 16.7. The van der Waals surface area contributed by atoms with Gasteiger partial charge in [-0.1, -0.05) is 6.07 Å². The molecule has 0 bridgehead atoms. The van der Waals surface area contributed by atoms with Crippen LogP contribution in [0.15, 0.2) is 42.6 Å². The summed E-state index contributed by atoms with van der Waals surface area (Å²) in [5.41, 5.74) is 1.10. The Morgan fingerprint density at radius 1 is 1.07 bits per heavy atom. The molecule has 2 fully saturated rings. The van der Waals surface area contributed by atoms with Crippen molar-refractivity contribution in [2.75, 3.05) is 19.9 Å². The van der Waals surface area contributed by atoms with Crippen molar-refractivity contribution in [1.82, 2.24) is 9.88 Å². The second kappa shape index (κ2) is 7.02. The van der Waals surface area contributed by atoms with Crippen molar-refractivity contribution in [3.8, 4) is 17.2 Å². The molecule has 2 aliphatic heterocycles. The molecule has 6 nitrogen and oxygen atoms in total. The SMILES string of the molecule is O[C@@H]1C[C@H]2CN(Cc3ccccn3)C[C@H]2C[C@H]1Oc1ccc2c(c1)OCO2. The van der Waals surface area contributed by atoms with Gasteiger partial charge in [0.05, 0.1) is 11.8 Å². The van der Waals surface area contributed by atoms with E-state index in [2.05, 4.69) is 16.0 Å². The number of pyridine rings is 1. The Morgan fingerprint density at radius 2 is 1.93 bits per heavy atom. The first kappa shape index (κ1) is 16.8. The van der Waals surface area contributed by atoms with Crippen LogP contribution in [0.5, 0.6) is 17.2 Å². The second-order valence-electron chi connectivity index (χ2n) is 7.75. The van der Waals surface area contributed by atoms with E-state index in [0.29, 0.717) is 17.6 Å². The highest BCUT2D eigenvalue weighted by Crippen LogP contribution is 2.40. The molecule has 0 radical (unpaired) electrons. The lowest BCUT2D eigenvalue weighted by Gasteiger charge is -2.35. The highest BCUT2D eigenvalue weighted by Gasteiger charge is 2.42. The fraction of sp³-hybridized carbons (Fsp3) is 0.476. The number of ether oxygens (including phenoxy) is 3. The molecule has 1 aromatic heterocycles. The van der Waals surface area contributed by atoms with Gasteiger partial charge in [0.1, 0.15) is 11.9 Å². The minimum Gasteiger partial charge on any atom is -0.488 e. The monoisotopic (exact) mass is 368 g/mol. The third-order valence-corrected chi connectivity index (χ3v) is 5.90. The number of hydrogen-bond donors (Lipinski definition) is 1. The standard InChI is InChI=1S/C21H24N2O4/c24-18-7-14-10-23(12-16-3-1-2-6-22-16)11-15(14)8-20(18)27-17-4-5-19-21(9-17)26-13-25-19/h1-6,9,14-15,18,20,24H,7-8,10-13H2/t14-,15+,18+,20+/m0/s1. The van der Waals surface area contributed by atoms with Crippen LogP contribution in [0.2, 0.25) is 0 Å². The molecule has 1 aromatic carbocycles. The van der Waals surface area contributed by atoms with E-state index in [0.717, 1.165) is 49.7 Å². The van der Waals surface area contributed by atoms with Gasteiger partial charge in [0, 0.05) is 31.9 Å². The van der Waals surface area contributed by atoms with Crippen molar-refractivity contribution in [3.63, 3.8) is 0 Å². The van der Waals surface area contributed by atoms with Gasteiger partial charge >= 0.3 is 0 Å². The molecule has 4 atom stereocenters. The minimum absolute atomic E-state index is 0.179. The molecule has 0 spiro atoms. The zero-order valence-electron chi connectivity index (χ0n) is 15.2. The molecule has 142 valence electrons. The number of aliphatic hydroxyl groups excluding tert-OH is 1. The molecule has 1 N–H and O–H groups in total. The summed E-state index contributed by atoms with van der Waals surface area (Å²) in [5, 5.41) is 10.6. The largest absolute Gasteiger partial charge is 0.488 e. The van der Waals surface area contributed by atoms with Crippen LogP contribution < -0.4 is 14.2 Å². The van der Waals surface area contributed by atoms with Gasteiger partial charge in [0.25, 0.3) is 0 Å². The van der Waals surface area contributed by atoms with E-state index in [4.69, 9.17) is 14.2 Å². The van der Waals surface area contributed by atoms with Crippen LogP contribution >= 0.6 is 0 Å². The molecular weight excluding hydrogens is 344 g/mol. The van der Waals surface area contributed by atoms with E-state index in [1.165, 1.54) is 0 Å². The topological polar surface area (TPSA) is 64.1 Å².